The van der Waals surface area contributed by atoms with Crippen molar-refractivity contribution in [1.82, 2.24) is 19.9 Å². The molecular weight excluding hydrogens is 586 g/mol. The van der Waals surface area contributed by atoms with E-state index in [4.69, 9.17) is 20.2 Å². The highest BCUT2D eigenvalue weighted by Gasteiger charge is 2.22. The van der Waals surface area contributed by atoms with Gasteiger partial charge in [-0.3, -0.25) is 14.5 Å². The number of benzene rings is 2. The first-order valence-electron chi connectivity index (χ1n) is 15.6. The van der Waals surface area contributed by atoms with Crippen molar-refractivity contribution >= 4 is 40.5 Å². The third-order valence-corrected chi connectivity index (χ3v) is 7.57. The molecule has 2 heterocycles. The predicted molar refractivity (Wildman–Crippen MR) is 177 cm³/mol. The van der Waals surface area contributed by atoms with E-state index in [-0.39, 0.29) is 37.6 Å². The van der Waals surface area contributed by atoms with Crippen LogP contribution in [0.2, 0.25) is 0 Å². The van der Waals surface area contributed by atoms with E-state index in [0.717, 1.165) is 41.9 Å². The topological polar surface area (TPSA) is 154 Å². The zero-order chi connectivity index (χ0) is 33.1. The van der Waals surface area contributed by atoms with Crippen LogP contribution in [0.15, 0.2) is 66.9 Å². The zero-order valence-electron chi connectivity index (χ0n) is 26.9. The van der Waals surface area contributed by atoms with Crippen molar-refractivity contribution in [2.45, 2.75) is 65.3 Å². The van der Waals surface area contributed by atoms with Gasteiger partial charge in [0.05, 0.1) is 30.6 Å². The van der Waals surface area contributed by atoms with E-state index < -0.39 is 12.3 Å². The number of fused-ring (bicyclic) bond motifs is 1. The van der Waals surface area contributed by atoms with Crippen molar-refractivity contribution in [2.75, 3.05) is 23.4 Å². The Bertz CT molecular complexity index is 1610. The number of nitrogens with zero attached hydrogens (tertiary/aromatic N) is 4. The molecule has 0 aliphatic carbocycles. The van der Waals surface area contributed by atoms with Crippen molar-refractivity contribution in [3.8, 4) is 0 Å². The summed E-state index contributed by atoms with van der Waals surface area (Å²) < 4.78 is 12.5. The normalized spacial score (nSPS) is 12.3. The molecule has 12 heteroatoms. The largest absolute Gasteiger partial charge is 0.466 e. The minimum atomic E-state index is -0.698. The van der Waals surface area contributed by atoms with E-state index in [9.17, 15) is 14.4 Å². The van der Waals surface area contributed by atoms with Gasteiger partial charge >= 0.3 is 12.1 Å². The van der Waals surface area contributed by atoms with Crippen molar-refractivity contribution < 1.29 is 23.9 Å². The molecule has 12 nitrogen and oxygen atoms in total. The summed E-state index contributed by atoms with van der Waals surface area (Å²) in [6.07, 6.45) is 2.81. The van der Waals surface area contributed by atoms with Crippen LogP contribution in [-0.4, -0.2) is 51.8 Å². The van der Waals surface area contributed by atoms with Gasteiger partial charge in [0.25, 0.3) is 5.91 Å². The van der Waals surface area contributed by atoms with Crippen LogP contribution in [0.4, 0.5) is 16.3 Å². The molecule has 0 saturated heterocycles. The average Bonchev–Trinajstić information content (AvgIpc) is 3.38. The number of pyridine rings is 1. The number of hydrogen-bond acceptors (Lipinski definition) is 9. The van der Waals surface area contributed by atoms with Gasteiger partial charge in [-0.05, 0) is 67.8 Å². The monoisotopic (exact) mass is 629 g/mol. The minimum Gasteiger partial charge on any atom is -0.466 e. The van der Waals surface area contributed by atoms with Gasteiger partial charge in [0, 0.05) is 31.0 Å². The van der Waals surface area contributed by atoms with Crippen LogP contribution >= 0.6 is 0 Å². The summed E-state index contributed by atoms with van der Waals surface area (Å²) in [6.45, 7) is 6.62. The Morgan fingerprint density at radius 3 is 2.50 bits per heavy atom. The standard InChI is InChI=1S/C34H43N7O5/c1-5-10-26(6-2)46-34(44)39-32(35)23-12-15-25(16-13-23)37-22-30-38-27-21-24(14-17-28(27)40(30)4)33(43)41(20-18-31(42)45-7-3)29-11-8-9-19-36-29/h8-9,11-17,19,21,26,32,37H,5-7,10,18,20,22,35H2,1-4H3,(H,39,44)/t26-,32-/m1/s1. The lowest BCUT2D eigenvalue weighted by atomic mass is 10.1. The number of ether oxygens (including phenoxy) is 2. The lowest BCUT2D eigenvalue weighted by Gasteiger charge is -2.21. The Morgan fingerprint density at radius 2 is 1.83 bits per heavy atom. The fraction of sp³-hybridized carbons (Fsp3) is 0.382. The Kier molecular flexibility index (Phi) is 12.1. The molecule has 0 unspecified atom stereocenters. The van der Waals surface area contributed by atoms with Crippen LogP contribution in [0.3, 0.4) is 0 Å². The summed E-state index contributed by atoms with van der Waals surface area (Å²) in [5.74, 6) is 0.548. The number of carbonyl (C=O) groups is 3. The molecule has 0 saturated carbocycles. The van der Waals surface area contributed by atoms with E-state index in [1.165, 1.54) is 4.90 Å². The molecule has 46 heavy (non-hydrogen) atoms. The Labute approximate surface area is 269 Å². The molecule has 2 atom stereocenters. The zero-order valence-corrected chi connectivity index (χ0v) is 26.9. The second-order valence-electron chi connectivity index (χ2n) is 10.8. The summed E-state index contributed by atoms with van der Waals surface area (Å²) in [5.41, 5.74) is 9.75. The number of aromatic nitrogens is 3. The van der Waals surface area contributed by atoms with E-state index in [0.29, 0.717) is 23.4 Å². The van der Waals surface area contributed by atoms with Crippen LogP contribution < -0.4 is 21.3 Å². The second kappa shape index (κ2) is 16.4. The molecule has 0 bridgehead atoms. The maximum atomic E-state index is 13.6. The highest BCUT2D eigenvalue weighted by Crippen LogP contribution is 2.22. The molecule has 0 aliphatic heterocycles. The van der Waals surface area contributed by atoms with Gasteiger partial charge in [-0.2, -0.15) is 0 Å². The lowest BCUT2D eigenvalue weighted by Crippen LogP contribution is -2.36. The fourth-order valence-electron chi connectivity index (χ4n) is 5.02. The summed E-state index contributed by atoms with van der Waals surface area (Å²) >= 11 is 0. The molecule has 4 aromatic rings. The Balaban J connectivity index is 1.41. The number of alkyl carbamates (subject to hydrolysis) is 1. The number of hydrogen-bond donors (Lipinski definition) is 3. The molecule has 4 rings (SSSR count). The molecular formula is C34H43N7O5. The molecule has 0 spiro atoms. The first-order chi connectivity index (χ1) is 22.2. The second-order valence-corrected chi connectivity index (χ2v) is 10.8. The summed E-state index contributed by atoms with van der Waals surface area (Å²) in [7, 11) is 1.92. The Hall–Kier alpha value is -4.97. The number of aryl methyl sites for hydroxylation is 1. The third-order valence-electron chi connectivity index (χ3n) is 7.57. The molecule has 0 fully saturated rings. The van der Waals surface area contributed by atoms with Crippen molar-refractivity contribution in [2.24, 2.45) is 12.8 Å². The van der Waals surface area contributed by atoms with Crippen LogP contribution in [-0.2, 0) is 27.9 Å². The molecule has 2 amide bonds. The van der Waals surface area contributed by atoms with Crippen molar-refractivity contribution in [3.05, 3.63) is 83.8 Å². The number of nitrogens with two attached hydrogens (primary N) is 1. The van der Waals surface area contributed by atoms with Crippen LogP contribution in [0, 0.1) is 0 Å². The summed E-state index contributed by atoms with van der Waals surface area (Å²) in [6, 6.07) is 18.1. The van der Waals surface area contributed by atoms with E-state index in [1.54, 1.807) is 43.5 Å². The van der Waals surface area contributed by atoms with Crippen LogP contribution in [0.25, 0.3) is 11.0 Å². The molecule has 2 aromatic heterocycles. The third kappa shape index (κ3) is 8.81. The number of amides is 2. The number of rotatable bonds is 15. The van der Waals surface area contributed by atoms with Gasteiger partial charge in [0.15, 0.2) is 0 Å². The van der Waals surface area contributed by atoms with Crippen molar-refractivity contribution in [3.63, 3.8) is 0 Å². The predicted octanol–water partition coefficient (Wildman–Crippen LogP) is 5.44. The van der Waals surface area contributed by atoms with Gasteiger partial charge in [-0.1, -0.05) is 38.5 Å². The molecule has 0 aliphatic rings. The van der Waals surface area contributed by atoms with Gasteiger partial charge < -0.3 is 30.4 Å². The lowest BCUT2D eigenvalue weighted by molar-refractivity contribution is -0.142. The maximum absolute atomic E-state index is 13.6. The molecule has 244 valence electrons. The summed E-state index contributed by atoms with van der Waals surface area (Å²) in [5, 5.41) is 6.07. The SMILES string of the molecule is CCC[C@@H](CC)OC(=O)N[C@@H](N)c1ccc(NCc2nc3cc(C(=O)N(CCC(=O)OCC)c4ccccn4)ccc3n2C)cc1. The minimum absolute atomic E-state index is 0.0478. The Morgan fingerprint density at radius 1 is 1.04 bits per heavy atom. The number of anilines is 2. The van der Waals surface area contributed by atoms with E-state index in [2.05, 4.69) is 22.5 Å². The van der Waals surface area contributed by atoms with E-state index in [1.807, 2.05) is 48.9 Å². The molecule has 2 aromatic carbocycles. The van der Waals surface area contributed by atoms with Crippen LogP contribution in [0.1, 0.15) is 74.4 Å². The van der Waals surface area contributed by atoms with Gasteiger partial charge in [0.2, 0.25) is 0 Å². The number of carbonyl (C=O) groups excluding carboxylic acids is 3. The first kappa shape index (κ1) is 33.9. The van der Waals surface area contributed by atoms with Gasteiger partial charge in [-0.15, -0.1) is 0 Å². The quantitative estimate of drug-likeness (QED) is 0.115. The number of esters is 1. The van der Waals surface area contributed by atoms with E-state index >= 15 is 0 Å². The average molecular weight is 630 g/mol. The van der Waals surface area contributed by atoms with Crippen molar-refractivity contribution in [1.29, 1.82) is 0 Å². The molecule has 4 N–H and O–H groups in total. The van der Waals surface area contributed by atoms with Crippen LogP contribution in [0.5, 0.6) is 0 Å². The first-order valence-corrected chi connectivity index (χ1v) is 15.6. The number of imidazole rings is 1. The maximum Gasteiger partial charge on any atom is 0.408 e. The smallest absolute Gasteiger partial charge is 0.408 e. The highest BCUT2D eigenvalue weighted by molar-refractivity contribution is 6.07. The molecule has 0 radical (unpaired) electrons. The highest BCUT2D eigenvalue weighted by atomic mass is 16.6. The summed E-state index contributed by atoms with van der Waals surface area (Å²) in [4.78, 5) is 48.5. The number of nitrogens with one attached hydrogen (secondary N) is 2. The fourth-order valence-corrected chi connectivity index (χ4v) is 5.02. The van der Waals surface area contributed by atoms with Gasteiger partial charge in [0.1, 0.15) is 23.9 Å². The van der Waals surface area contributed by atoms with Gasteiger partial charge in [-0.25, -0.2) is 14.8 Å².